The summed E-state index contributed by atoms with van der Waals surface area (Å²) in [6, 6.07) is 9.12. The van der Waals surface area contributed by atoms with Gasteiger partial charge in [0, 0.05) is 6.92 Å². The highest BCUT2D eigenvalue weighted by Crippen LogP contribution is 2.26. The first kappa shape index (κ1) is 11.9. The number of carbonyl (C=O) groups excluding carboxylic acids is 2. The Labute approximate surface area is 104 Å². The Morgan fingerprint density at radius 3 is 2.59 bits per heavy atom. The molecule has 1 aliphatic rings. The molecule has 0 aliphatic carbocycles. The lowest BCUT2D eigenvalue weighted by molar-refractivity contribution is -0.117. The van der Waals surface area contributed by atoms with E-state index in [1.165, 1.54) is 23.7 Å². The molecule has 0 radical (unpaired) electrons. The molecule has 4 nitrogen and oxygen atoms in total. The molecule has 0 spiro atoms. The summed E-state index contributed by atoms with van der Waals surface area (Å²) in [6.07, 6.45) is 0. The van der Waals surface area contributed by atoms with Crippen LogP contribution in [0.4, 0.5) is 5.69 Å². The van der Waals surface area contributed by atoms with Gasteiger partial charge in [-0.15, -0.1) is 0 Å². The molecule has 1 unspecified atom stereocenters. The summed E-state index contributed by atoms with van der Waals surface area (Å²) in [5.41, 5.74) is 0.684. The highest BCUT2D eigenvalue weighted by molar-refractivity contribution is 8.16. The van der Waals surface area contributed by atoms with Crippen LogP contribution in [-0.4, -0.2) is 22.0 Å². The maximum Gasteiger partial charge on any atom is 0.260 e. The van der Waals surface area contributed by atoms with Crippen molar-refractivity contribution in [1.29, 1.82) is 0 Å². The van der Waals surface area contributed by atoms with Gasteiger partial charge in [-0.2, -0.15) is 10.1 Å². The van der Waals surface area contributed by atoms with Crippen molar-refractivity contribution in [2.75, 3.05) is 5.01 Å². The van der Waals surface area contributed by atoms with Crippen molar-refractivity contribution in [3.63, 3.8) is 0 Å². The fraction of sp³-hybridized carbons (Fsp3) is 0.250. The van der Waals surface area contributed by atoms with E-state index in [4.69, 9.17) is 0 Å². The van der Waals surface area contributed by atoms with Crippen LogP contribution >= 0.6 is 11.8 Å². The van der Waals surface area contributed by atoms with Crippen molar-refractivity contribution < 1.29 is 9.59 Å². The van der Waals surface area contributed by atoms with Gasteiger partial charge >= 0.3 is 0 Å². The van der Waals surface area contributed by atoms with Crippen LogP contribution in [0.2, 0.25) is 0 Å². The highest BCUT2D eigenvalue weighted by Gasteiger charge is 2.30. The predicted molar refractivity (Wildman–Crippen MR) is 69.1 cm³/mol. The summed E-state index contributed by atoms with van der Waals surface area (Å²) in [7, 11) is 0. The number of thioether (sulfide) groups is 1. The minimum atomic E-state index is -0.286. The average Bonchev–Trinajstić information content (AvgIpc) is 2.33. The van der Waals surface area contributed by atoms with Gasteiger partial charge in [-0.1, -0.05) is 30.0 Å². The third-order valence-electron chi connectivity index (χ3n) is 2.34. The second-order valence-electron chi connectivity index (χ2n) is 3.71. The molecule has 1 heterocycles. The highest BCUT2D eigenvalue weighted by atomic mass is 32.2. The summed E-state index contributed by atoms with van der Waals surface area (Å²) >= 11 is 1.21. The van der Waals surface area contributed by atoms with E-state index in [1.807, 2.05) is 18.2 Å². The third kappa shape index (κ3) is 2.39. The Hall–Kier alpha value is -1.62. The monoisotopic (exact) mass is 248 g/mol. The van der Waals surface area contributed by atoms with Gasteiger partial charge < -0.3 is 0 Å². The van der Waals surface area contributed by atoms with Gasteiger partial charge in [0.15, 0.2) is 10.8 Å². The van der Waals surface area contributed by atoms with Crippen molar-refractivity contribution in [2.45, 2.75) is 19.1 Å². The lowest BCUT2D eigenvalue weighted by Gasteiger charge is -2.26. The van der Waals surface area contributed by atoms with E-state index in [0.717, 1.165) is 0 Å². The molecule has 1 atom stereocenters. The van der Waals surface area contributed by atoms with Gasteiger partial charge in [0.25, 0.3) is 5.91 Å². The lowest BCUT2D eigenvalue weighted by Crippen LogP contribution is -2.38. The van der Waals surface area contributed by atoms with Crippen LogP contribution in [0, 0.1) is 0 Å². The largest absolute Gasteiger partial charge is 0.292 e. The Morgan fingerprint density at radius 1 is 1.35 bits per heavy atom. The zero-order valence-electron chi connectivity index (χ0n) is 9.58. The molecule has 0 aromatic heterocycles. The van der Waals surface area contributed by atoms with E-state index < -0.39 is 0 Å². The second kappa shape index (κ2) is 4.71. The summed E-state index contributed by atoms with van der Waals surface area (Å²) in [5, 5.41) is 5.49. The van der Waals surface area contributed by atoms with E-state index in [1.54, 1.807) is 19.1 Å². The number of hydrogen-bond acceptors (Lipinski definition) is 4. The van der Waals surface area contributed by atoms with E-state index >= 15 is 0 Å². The van der Waals surface area contributed by atoms with Crippen LogP contribution < -0.4 is 5.01 Å². The number of Topliss-reactive ketones (excluding diaryl/α,β-unsaturated/α-hetero) is 1. The normalized spacial score (nSPS) is 20.1. The molecule has 0 fully saturated rings. The Bertz CT molecular complexity index is 485. The van der Waals surface area contributed by atoms with Gasteiger partial charge in [0.1, 0.15) is 0 Å². The first-order valence-corrected chi connectivity index (χ1v) is 6.13. The Morgan fingerprint density at radius 2 is 2.00 bits per heavy atom. The minimum Gasteiger partial charge on any atom is -0.292 e. The molecular weight excluding hydrogens is 236 g/mol. The number of amides is 1. The lowest BCUT2D eigenvalue weighted by atomic mass is 10.3. The zero-order chi connectivity index (χ0) is 12.4. The van der Waals surface area contributed by atoms with Crippen molar-refractivity contribution in [2.24, 2.45) is 5.10 Å². The molecule has 17 heavy (non-hydrogen) atoms. The molecule has 88 valence electrons. The van der Waals surface area contributed by atoms with Crippen LogP contribution in [0.1, 0.15) is 13.8 Å². The van der Waals surface area contributed by atoms with Crippen molar-refractivity contribution in [1.82, 2.24) is 0 Å². The predicted octanol–water partition coefficient (Wildman–Crippen LogP) is 2.06. The third-order valence-corrected chi connectivity index (χ3v) is 3.49. The molecule has 1 aliphatic heterocycles. The SMILES string of the molecule is CC(=O)C1=NN(c2ccccc2)C(=O)C(C)S1. The van der Waals surface area contributed by atoms with Crippen LogP contribution in [0.3, 0.4) is 0 Å². The fourth-order valence-electron chi connectivity index (χ4n) is 1.46. The van der Waals surface area contributed by atoms with Crippen molar-refractivity contribution in [3.8, 4) is 0 Å². The van der Waals surface area contributed by atoms with E-state index in [2.05, 4.69) is 5.10 Å². The van der Waals surface area contributed by atoms with Crippen LogP contribution in [0.25, 0.3) is 0 Å². The Balaban J connectivity index is 2.41. The van der Waals surface area contributed by atoms with Gasteiger partial charge in [0.2, 0.25) is 0 Å². The van der Waals surface area contributed by atoms with Gasteiger partial charge in [-0.25, -0.2) is 0 Å². The molecule has 1 aromatic rings. The topological polar surface area (TPSA) is 49.7 Å². The number of hydrazone groups is 1. The van der Waals surface area contributed by atoms with Crippen molar-refractivity contribution in [3.05, 3.63) is 30.3 Å². The Kier molecular flexibility index (Phi) is 3.28. The first-order chi connectivity index (χ1) is 8.09. The number of ketones is 1. The van der Waals surface area contributed by atoms with Gasteiger partial charge in [0.05, 0.1) is 10.9 Å². The molecule has 0 N–H and O–H groups in total. The van der Waals surface area contributed by atoms with Crippen molar-refractivity contribution >= 4 is 34.2 Å². The van der Waals surface area contributed by atoms with Gasteiger partial charge in [-0.05, 0) is 19.1 Å². The molecule has 1 aromatic carbocycles. The maximum absolute atomic E-state index is 12.0. The van der Waals surface area contributed by atoms with E-state index in [-0.39, 0.29) is 16.9 Å². The fourth-order valence-corrected chi connectivity index (χ4v) is 2.29. The molecular formula is C12H12N2O2S. The number of nitrogens with zero attached hydrogens (tertiary/aromatic N) is 2. The number of hydrogen-bond donors (Lipinski definition) is 0. The summed E-state index contributed by atoms with van der Waals surface area (Å²) in [6.45, 7) is 3.23. The number of carbonyl (C=O) groups is 2. The number of anilines is 1. The molecule has 0 bridgehead atoms. The van der Waals surface area contributed by atoms with E-state index in [0.29, 0.717) is 10.7 Å². The first-order valence-electron chi connectivity index (χ1n) is 5.25. The number of benzene rings is 1. The van der Waals surface area contributed by atoms with Gasteiger partial charge in [-0.3, -0.25) is 9.59 Å². The molecule has 1 amide bonds. The van der Waals surface area contributed by atoms with Crippen LogP contribution in [0.5, 0.6) is 0 Å². The van der Waals surface area contributed by atoms with Crippen LogP contribution in [-0.2, 0) is 9.59 Å². The average molecular weight is 248 g/mol. The van der Waals surface area contributed by atoms with Crippen LogP contribution in [0.15, 0.2) is 35.4 Å². The van der Waals surface area contributed by atoms with E-state index in [9.17, 15) is 9.59 Å². The summed E-state index contributed by atoms with van der Waals surface area (Å²) < 4.78 is 0. The summed E-state index contributed by atoms with van der Waals surface area (Å²) in [4.78, 5) is 23.3. The minimum absolute atomic E-state index is 0.105. The maximum atomic E-state index is 12.0. The number of para-hydroxylation sites is 1. The quantitative estimate of drug-likeness (QED) is 0.805. The molecule has 5 heteroatoms. The summed E-state index contributed by atoms with van der Waals surface area (Å²) in [5.74, 6) is -0.221. The zero-order valence-corrected chi connectivity index (χ0v) is 10.4. The smallest absolute Gasteiger partial charge is 0.260 e. The molecule has 0 saturated carbocycles. The standard InChI is InChI=1S/C12H12N2O2S/c1-8(15)11-13-14(12(16)9(2)17-11)10-6-4-3-5-7-10/h3-7,9H,1-2H3. The second-order valence-corrected chi connectivity index (χ2v) is 5.04. The molecule has 0 saturated heterocycles. The number of rotatable bonds is 2. The molecule has 2 rings (SSSR count).